The minimum Gasteiger partial charge on any atom is -0.305 e. The van der Waals surface area contributed by atoms with Gasteiger partial charge in [-0.25, -0.2) is 0 Å². The third-order valence-corrected chi connectivity index (χ3v) is 29.2. The molecule has 8 heterocycles. The molecule has 11 fully saturated rings. The Morgan fingerprint density at radius 2 is 1.00 bits per heavy atom. The summed E-state index contributed by atoms with van der Waals surface area (Å²) in [5, 5.41) is 15.6. The molecule has 6 nitrogen and oxygen atoms in total. The average Bonchev–Trinajstić information content (AvgIpc) is 4.28. The number of rotatable bonds is 0. The predicted molar refractivity (Wildman–Crippen MR) is 280 cm³/mol. The Kier molecular flexibility index (Phi) is 4.81. The van der Waals surface area contributed by atoms with Crippen molar-refractivity contribution in [1.82, 2.24) is 28.7 Å². The lowest BCUT2D eigenvalue weighted by Crippen LogP contribution is -2.69. The fourth-order valence-corrected chi connectivity index (χ4v) is 27.3. The van der Waals surface area contributed by atoms with Crippen LogP contribution in [0.5, 0.6) is 0 Å². The van der Waals surface area contributed by atoms with Crippen molar-refractivity contribution in [2.24, 2.45) is 63.6 Å². The summed E-state index contributed by atoms with van der Waals surface area (Å²) in [6.07, 6.45) is 31.9. The van der Waals surface area contributed by atoms with Crippen LogP contribution in [0.1, 0.15) is 196 Å². The molecule has 19 atom stereocenters. The first kappa shape index (κ1) is 35.2. The lowest BCUT2D eigenvalue weighted by molar-refractivity contribution is -0.197. The highest BCUT2D eigenvalue weighted by atomic mass is 15.0. The first-order valence-corrected chi connectivity index (χ1v) is 29.8. The highest BCUT2D eigenvalue weighted by Crippen LogP contribution is 2.86. The number of nitrogens with zero attached hydrogens (tertiary/aromatic N) is 6. The fraction of sp³-hybridized carbons (Fsp3) is 0.545. The Labute approximate surface area is 415 Å². The van der Waals surface area contributed by atoms with Crippen LogP contribution in [0.2, 0.25) is 0 Å². The minimum absolute atomic E-state index is 0.200. The number of aromatic nitrogens is 6. The van der Waals surface area contributed by atoms with Crippen molar-refractivity contribution in [3.63, 3.8) is 0 Å². The third kappa shape index (κ3) is 2.91. The third-order valence-electron chi connectivity index (χ3n) is 29.2. The van der Waals surface area contributed by atoms with E-state index in [1.165, 1.54) is 180 Å². The molecule has 72 heavy (non-hydrogen) atoms. The molecule has 10 aromatic rings. The van der Waals surface area contributed by atoms with Crippen molar-refractivity contribution >= 4 is 87.0 Å². The van der Waals surface area contributed by atoms with E-state index in [1.807, 2.05) is 0 Å². The lowest BCUT2D eigenvalue weighted by Gasteiger charge is -2.73. The smallest absolute Gasteiger partial charge is 0.0728 e. The molecule has 6 heteroatoms. The summed E-state index contributed by atoms with van der Waals surface area (Å²) in [6, 6.07) is 5.66. The monoisotopic (exact) mass is 932 g/mol. The molecule has 350 valence electrons. The summed E-state index contributed by atoms with van der Waals surface area (Å²) < 4.78 is 5.56. The van der Waals surface area contributed by atoms with Crippen LogP contribution < -0.4 is 0 Å². The second-order valence-electron chi connectivity index (χ2n) is 29.8. The quantitative estimate of drug-likeness (QED) is 0.152. The van der Waals surface area contributed by atoms with Gasteiger partial charge in [-0.1, -0.05) is 6.92 Å². The summed E-state index contributed by atoms with van der Waals surface area (Å²) >= 11 is 0. The first-order chi connectivity index (χ1) is 35.4. The van der Waals surface area contributed by atoms with Crippen LogP contribution >= 0.6 is 0 Å². The predicted octanol–water partition coefficient (Wildman–Crippen LogP) is 14.9. The Morgan fingerprint density at radius 3 is 1.65 bits per heavy atom. The molecular weight excluding hydrogens is 877 g/mol. The minimum atomic E-state index is 0.200. The summed E-state index contributed by atoms with van der Waals surface area (Å²) in [7, 11) is 0. The second kappa shape index (κ2) is 9.85. The molecule has 0 N–H and O–H groups in total. The van der Waals surface area contributed by atoms with Crippen molar-refractivity contribution in [2.75, 3.05) is 0 Å². The number of pyridine rings is 4. The molecule has 2 aromatic carbocycles. The van der Waals surface area contributed by atoms with Crippen LogP contribution in [0, 0.1) is 63.6 Å². The van der Waals surface area contributed by atoms with Gasteiger partial charge in [-0.05, 0) is 229 Å². The number of hydrogen-bond donors (Lipinski definition) is 0. The van der Waals surface area contributed by atoms with Gasteiger partial charge in [0.05, 0.1) is 57.9 Å². The number of hydrogen-bond acceptors (Lipinski definition) is 4. The van der Waals surface area contributed by atoms with E-state index in [4.69, 9.17) is 19.9 Å². The summed E-state index contributed by atoms with van der Waals surface area (Å²) in [5.74, 6) is 11.6. The SMILES string of the molecule is CC12CC3CC4CC(CC431)c1ncc3c(c12)c1cc2c(cc4c5c6c(ncc5n5c7cnc8c(c7c2c45)C2CC4CC5CC8C45C2)C2CC4CC(C2)C6C4)c2c4c5c(ncc4n3c12)C1CC2CC3CC5CC321. The molecule has 0 radical (unpaired) electrons. The lowest BCUT2D eigenvalue weighted by atomic mass is 9.30. The molecule has 3 spiro atoms. The van der Waals surface area contributed by atoms with Gasteiger partial charge in [-0.2, -0.15) is 0 Å². The van der Waals surface area contributed by atoms with Gasteiger partial charge < -0.3 is 8.80 Å². The van der Waals surface area contributed by atoms with E-state index in [9.17, 15) is 0 Å². The molecule has 0 amide bonds. The topological polar surface area (TPSA) is 60.4 Å². The van der Waals surface area contributed by atoms with Gasteiger partial charge in [0.2, 0.25) is 0 Å². The molecule has 15 aliphatic rings. The largest absolute Gasteiger partial charge is 0.305 e. The Morgan fingerprint density at radius 1 is 0.431 bits per heavy atom. The normalized spacial score (nSPS) is 46.2. The zero-order valence-electron chi connectivity index (χ0n) is 41.1. The second-order valence-corrected chi connectivity index (χ2v) is 29.8. The van der Waals surface area contributed by atoms with Crippen molar-refractivity contribution in [2.45, 2.75) is 156 Å². The Bertz CT molecular complexity index is 4550. The van der Waals surface area contributed by atoms with Crippen LogP contribution in [-0.2, 0) is 5.41 Å². The van der Waals surface area contributed by atoms with Crippen molar-refractivity contribution in [1.29, 1.82) is 0 Å². The standard InChI is InChI=1S/C66H56N6/c1-63-19-35-11-34-8-29(18-66(34,35)63)58-56(63)50-40-15-38-37(53-55-46(72(62(40)53)44(50)21-68-58)23-70-60-42-13-33-10-31-7-28(48(55)60)17-65(31,33)42)14-39-49-43(20-67-57-26-3-24-2-25(5-26)36(4-24)51(49)57)71-45-22-69-59-41-12-32-9-30-6-27(16-64(30,32)41)47(59)54(45)52(38)61(39)71/h14-15,20-36,41-42H,2-13,16-19H2,1H3. The summed E-state index contributed by atoms with van der Waals surface area (Å²) in [4.78, 5) is 22.9. The van der Waals surface area contributed by atoms with E-state index in [-0.39, 0.29) is 5.41 Å². The van der Waals surface area contributed by atoms with Crippen molar-refractivity contribution in [3.05, 3.63) is 81.9 Å². The van der Waals surface area contributed by atoms with Gasteiger partial charge >= 0.3 is 0 Å². The van der Waals surface area contributed by atoms with E-state index in [0.717, 1.165) is 47.3 Å². The van der Waals surface area contributed by atoms with Crippen LogP contribution in [0.3, 0.4) is 0 Å². The molecule has 0 saturated heterocycles. The van der Waals surface area contributed by atoms with Crippen molar-refractivity contribution < 1.29 is 0 Å². The van der Waals surface area contributed by atoms with Gasteiger partial charge in [0.15, 0.2) is 0 Å². The maximum atomic E-state index is 5.77. The van der Waals surface area contributed by atoms with Gasteiger partial charge in [-0.3, -0.25) is 19.9 Å². The average molecular weight is 933 g/mol. The molecule has 0 aliphatic heterocycles. The van der Waals surface area contributed by atoms with Crippen molar-refractivity contribution in [3.8, 4) is 0 Å². The van der Waals surface area contributed by atoms with E-state index in [0.29, 0.717) is 57.7 Å². The fourth-order valence-electron chi connectivity index (χ4n) is 27.3. The van der Waals surface area contributed by atoms with Gasteiger partial charge in [0, 0.05) is 95.0 Å². The molecular formula is C66H56N6. The van der Waals surface area contributed by atoms with Gasteiger partial charge in [0.1, 0.15) is 0 Å². The zero-order valence-corrected chi connectivity index (χ0v) is 41.1. The Balaban J connectivity index is 0.925. The number of benzene rings is 2. The van der Waals surface area contributed by atoms with Gasteiger partial charge in [0.25, 0.3) is 0 Å². The molecule has 19 unspecified atom stereocenters. The van der Waals surface area contributed by atoms with E-state index in [2.05, 4.69) is 52.6 Å². The highest BCUT2D eigenvalue weighted by Gasteiger charge is 2.78. The summed E-state index contributed by atoms with van der Waals surface area (Å²) in [6.45, 7) is 2.73. The van der Waals surface area contributed by atoms with E-state index in [1.54, 1.807) is 54.6 Å². The maximum absolute atomic E-state index is 5.77. The van der Waals surface area contributed by atoms with Crippen LogP contribution in [-0.4, -0.2) is 28.7 Å². The van der Waals surface area contributed by atoms with Crippen LogP contribution in [0.25, 0.3) is 87.0 Å². The van der Waals surface area contributed by atoms with Crippen LogP contribution in [0.4, 0.5) is 0 Å². The highest BCUT2D eigenvalue weighted by molar-refractivity contribution is 6.40. The molecule has 15 aliphatic carbocycles. The molecule has 9 bridgehead atoms. The van der Waals surface area contributed by atoms with Crippen LogP contribution in [0.15, 0.2) is 36.9 Å². The molecule has 11 saturated carbocycles. The summed E-state index contributed by atoms with van der Waals surface area (Å²) in [5.41, 5.74) is 23.0. The zero-order chi connectivity index (χ0) is 45.1. The maximum Gasteiger partial charge on any atom is 0.0728 e. The number of fused-ring (bicyclic) bond motifs is 36. The molecule has 8 aromatic heterocycles. The first-order valence-electron chi connectivity index (χ1n) is 29.8. The van der Waals surface area contributed by atoms with E-state index < -0.39 is 0 Å². The van der Waals surface area contributed by atoms with E-state index >= 15 is 0 Å². The van der Waals surface area contributed by atoms with Gasteiger partial charge in [-0.15, -0.1) is 0 Å². The Hall–Kier alpha value is -5.10. The molecule has 25 rings (SSSR count).